The van der Waals surface area contributed by atoms with Crippen LogP contribution in [0.4, 0.5) is 0 Å². The maximum absolute atomic E-state index is 11.2. The molecular formula is C21H45NO3S. The van der Waals surface area contributed by atoms with Crippen molar-refractivity contribution in [2.24, 2.45) is 0 Å². The molecule has 0 rings (SSSR count). The van der Waals surface area contributed by atoms with Gasteiger partial charge in [0.25, 0.3) is 10.1 Å². The molecule has 0 aromatic carbocycles. The van der Waals surface area contributed by atoms with Crippen LogP contribution in [0.2, 0.25) is 0 Å². The second-order valence-corrected chi connectivity index (χ2v) is 9.31. The van der Waals surface area contributed by atoms with Gasteiger partial charge in [-0.25, -0.2) is 0 Å². The Morgan fingerprint density at radius 1 is 0.692 bits per heavy atom. The first-order valence-corrected chi connectivity index (χ1v) is 12.7. The normalized spacial score (nSPS) is 13.4. The monoisotopic (exact) mass is 391 g/mol. The maximum Gasteiger partial charge on any atom is 0.264 e. The molecule has 0 heterocycles. The predicted octanol–water partition coefficient (Wildman–Crippen LogP) is 6.07. The van der Waals surface area contributed by atoms with Gasteiger partial charge in [-0.15, -0.1) is 0 Å². The van der Waals surface area contributed by atoms with E-state index in [-0.39, 0.29) is 11.8 Å². The van der Waals surface area contributed by atoms with Crippen LogP contribution in [0, 0.1) is 0 Å². The maximum atomic E-state index is 11.2. The lowest BCUT2D eigenvalue weighted by atomic mass is 10.0. The first-order valence-electron chi connectivity index (χ1n) is 11.1. The van der Waals surface area contributed by atoms with E-state index in [1.807, 2.05) is 0 Å². The minimum atomic E-state index is -3.86. The molecule has 0 aromatic heterocycles. The zero-order valence-electron chi connectivity index (χ0n) is 17.7. The molecule has 0 aliphatic heterocycles. The van der Waals surface area contributed by atoms with Crippen LogP contribution in [0.3, 0.4) is 0 Å². The molecule has 0 bridgehead atoms. The van der Waals surface area contributed by atoms with Crippen molar-refractivity contribution in [2.45, 2.75) is 117 Å². The SMILES string of the molecule is CCCCCCCCCCCCC(CCS(=O)(=O)O)N(CCC)CCC. The summed E-state index contributed by atoms with van der Waals surface area (Å²) in [5, 5.41) is 0. The van der Waals surface area contributed by atoms with E-state index in [4.69, 9.17) is 4.55 Å². The molecule has 0 aliphatic rings. The van der Waals surface area contributed by atoms with Crippen molar-refractivity contribution >= 4 is 10.1 Å². The number of hydrogen-bond donors (Lipinski definition) is 1. The van der Waals surface area contributed by atoms with Crippen LogP contribution in [0.25, 0.3) is 0 Å². The Morgan fingerprint density at radius 2 is 1.15 bits per heavy atom. The molecule has 0 amide bonds. The van der Waals surface area contributed by atoms with Gasteiger partial charge in [0.1, 0.15) is 0 Å². The molecule has 0 saturated heterocycles. The Labute approximate surface area is 163 Å². The van der Waals surface area contributed by atoms with E-state index in [1.54, 1.807) is 0 Å². The van der Waals surface area contributed by atoms with Gasteiger partial charge in [-0.05, 0) is 38.8 Å². The van der Waals surface area contributed by atoms with Gasteiger partial charge >= 0.3 is 0 Å². The Morgan fingerprint density at radius 3 is 1.58 bits per heavy atom. The zero-order valence-corrected chi connectivity index (χ0v) is 18.5. The molecule has 0 radical (unpaired) electrons. The summed E-state index contributed by atoms with van der Waals surface area (Å²) in [6.07, 6.45) is 17.0. The fourth-order valence-electron chi connectivity index (χ4n) is 3.71. The van der Waals surface area contributed by atoms with E-state index in [2.05, 4.69) is 25.7 Å². The third kappa shape index (κ3) is 16.1. The van der Waals surface area contributed by atoms with Crippen molar-refractivity contribution in [3.63, 3.8) is 0 Å². The molecule has 26 heavy (non-hydrogen) atoms. The van der Waals surface area contributed by atoms with Crippen LogP contribution in [-0.2, 0) is 10.1 Å². The van der Waals surface area contributed by atoms with Gasteiger partial charge in [0.2, 0.25) is 0 Å². The third-order valence-corrected chi connectivity index (χ3v) is 5.89. The quantitative estimate of drug-likeness (QED) is 0.214. The first kappa shape index (κ1) is 25.9. The lowest BCUT2D eigenvalue weighted by Gasteiger charge is -2.31. The fraction of sp³-hybridized carbons (Fsp3) is 1.00. The largest absolute Gasteiger partial charge is 0.300 e. The third-order valence-electron chi connectivity index (χ3n) is 5.14. The summed E-state index contributed by atoms with van der Waals surface area (Å²) in [5.74, 6) is -0.112. The summed E-state index contributed by atoms with van der Waals surface area (Å²) in [6.45, 7) is 8.63. The highest BCUT2D eigenvalue weighted by Crippen LogP contribution is 2.17. The lowest BCUT2D eigenvalue weighted by Crippen LogP contribution is -2.38. The van der Waals surface area contributed by atoms with Gasteiger partial charge < -0.3 is 4.90 Å². The smallest absolute Gasteiger partial charge is 0.264 e. The molecule has 0 aromatic rings. The topological polar surface area (TPSA) is 57.6 Å². The molecule has 1 atom stereocenters. The number of rotatable bonds is 19. The second kappa shape index (κ2) is 17.0. The molecule has 0 saturated carbocycles. The van der Waals surface area contributed by atoms with Crippen LogP contribution >= 0.6 is 0 Å². The van der Waals surface area contributed by atoms with E-state index < -0.39 is 10.1 Å². The summed E-state index contributed by atoms with van der Waals surface area (Å²) in [6, 6.07) is 0.283. The zero-order chi connectivity index (χ0) is 19.7. The van der Waals surface area contributed by atoms with Crippen molar-refractivity contribution in [1.29, 1.82) is 0 Å². The molecule has 4 nitrogen and oxygen atoms in total. The Hall–Kier alpha value is -0.130. The number of nitrogens with zero attached hydrogens (tertiary/aromatic N) is 1. The summed E-state index contributed by atoms with van der Waals surface area (Å²) in [4.78, 5) is 2.43. The van der Waals surface area contributed by atoms with Gasteiger partial charge in [-0.3, -0.25) is 4.55 Å². The standard InChI is InChI=1S/C21H45NO3S/c1-4-7-8-9-10-11-12-13-14-15-16-21(17-20-26(23,24)25)22(18-5-2)19-6-3/h21H,4-20H2,1-3H3,(H,23,24,25). The molecule has 0 aliphatic carbocycles. The number of unbranched alkanes of at least 4 members (excludes halogenated alkanes) is 9. The summed E-state index contributed by atoms with van der Waals surface area (Å²) in [5.41, 5.74) is 0. The van der Waals surface area contributed by atoms with E-state index in [1.165, 1.54) is 57.8 Å². The average molecular weight is 392 g/mol. The Bertz CT molecular complexity index is 392. The van der Waals surface area contributed by atoms with Crippen LogP contribution in [0.1, 0.15) is 111 Å². The summed E-state index contributed by atoms with van der Waals surface area (Å²) >= 11 is 0. The van der Waals surface area contributed by atoms with Gasteiger partial charge in [-0.1, -0.05) is 85.0 Å². The molecular weight excluding hydrogens is 346 g/mol. The van der Waals surface area contributed by atoms with Gasteiger partial charge in [0.05, 0.1) is 5.75 Å². The highest BCUT2D eigenvalue weighted by Gasteiger charge is 2.19. The highest BCUT2D eigenvalue weighted by atomic mass is 32.2. The van der Waals surface area contributed by atoms with Gasteiger partial charge in [0.15, 0.2) is 0 Å². The van der Waals surface area contributed by atoms with E-state index >= 15 is 0 Å². The average Bonchev–Trinajstić information content (AvgIpc) is 2.58. The molecule has 5 heteroatoms. The Kier molecular flexibility index (Phi) is 16.9. The van der Waals surface area contributed by atoms with E-state index in [0.717, 1.165) is 38.8 Å². The lowest BCUT2D eigenvalue weighted by molar-refractivity contribution is 0.178. The van der Waals surface area contributed by atoms with Crippen LogP contribution in [0.15, 0.2) is 0 Å². The predicted molar refractivity (Wildman–Crippen MR) is 113 cm³/mol. The van der Waals surface area contributed by atoms with Crippen molar-refractivity contribution in [2.75, 3.05) is 18.8 Å². The minimum absolute atomic E-state index is 0.112. The molecule has 0 spiro atoms. The molecule has 0 fully saturated rings. The van der Waals surface area contributed by atoms with Crippen molar-refractivity contribution < 1.29 is 13.0 Å². The Balaban J connectivity index is 4.09. The van der Waals surface area contributed by atoms with Crippen LogP contribution in [0.5, 0.6) is 0 Å². The van der Waals surface area contributed by atoms with Gasteiger partial charge in [0, 0.05) is 6.04 Å². The van der Waals surface area contributed by atoms with E-state index in [0.29, 0.717) is 6.42 Å². The van der Waals surface area contributed by atoms with Crippen LogP contribution in [-0.4, -0.2) is 42.8 Å². The van der Waals surface area contributed by atoms with Crippen molar-refractivity contribution in [1.82, 2.24) is 4.90 Å². The first-order chi connectivity index (χ1) is 12.4. The molecule has 1 N–H and O–H groups in total. The van der Waals surface area contributed by atoms with Gasteiger partial charge in [-0.2, -0.15) is 8.42 Å². The highest BCUT2D eigenvalue weighted by molar-refractivity contribution is 7.85. The van der Waals surface area contributed by atoms with Crippen LogP contribution < -0.4 is 0 Å². The van der Waals surface area contributed by atoms with E-state index in [9.17, 15) is 8.42 Å². The summed E-state index contributed by atoms with van der Waals surface area (Å²) < 4.78 is 31.4. The van der Waals surface area contributed by atoms with Crippen molar-refractivity contribution in [3.8, 4) is 0 Å². The minimum Gasteiger partial charge on any atom is -0.300 e. The summed E-state index contributed by atoms with van der Waals surface area (Å²) in [7, 11) is -3.86. The number of hydrogen-bond acceptors (Lipinski definition) is 3. The molecule has 1 unspecified atom stereocenters. The molecule has 158 valence electrons. The second-order valence-electron chi connectivity index (χ2n) is 7.74. The van der Waals surface area contributed by atoms with Crippen molar-refractivity contribution in [3.05, 3.63) is 0 Å². The fourth-order valence-corrected chi connectivity index (χ4v) is 4.28.